The van der Waals surface area contributed by atoms with Crippen LogP contribution < -0.4 is 5.32 Å². The van der Waals surface area contributed by atoms with Crippen molar-refractivity contribution in [2.24, 2.45) is 0 Å². The normalized spacial score (nSPS) is 8.25. The van der Waals surface area contributed by atoms with Gasteiger partial charge in [0.25, 0.3) is 0 Å². The smallest absolute Gasteiger partial charge is 0.211 e. The van der Waals surface area contributed by atoms with Gasteiger partial charge in [-0.15, -0.1) is 0 Å². The highest BCUT2D eigenvalue weighted by atomic mass is 16.5. The molecule has 0 aliphatic heterocycles. The van der Waals surface area contributed by atoms with E-state index in [1.165, 1.54) is 0 Å². The molecular formula is C7H16BNO3. The maximum absolute atomic E-state index is 10.4. The lowest BCUT2D eigenvalue weighted by Crippen LogP contribution is -2.26. The Morgan fingerprint density at radius 3 is 2.25 bits per heavy atom. The maximum atomic E-state index is 10.4. The van der Waals surface area contributed by atoms with E-state index in [2.05, 4.69) is 14.8 Å². The monoisotopic (exact) mass is 173 g/mol. The second-order valence-corrected chi connectivity index (χ2v) is 1.96. The van der Waals surface area contributed by atoms with E-state index in [1.807, 2.05) is 0 Å². The minimum absolute atomic E-state index is 0.0454. The van der Waals surface area contributed by atoms with Crippen LogP contribution in [0.4, 0.5) is 0 Å². The third kappa shape index (κ3) is 16.2. The third-order valence-electron chi connectivity index (χ3n) is 0.814. The van der Waals surface area contributed by atoms with Crippen LogP contribution in [0.5, 0.6) is 0 Å². The number of rotatable bonds is 4. The highest BCUT2D eigenvalue weighted by Crippen LogP contribution is 1.70. The van der Waals surface area contributed by atoms with Crippen molar-refractivity contribution in [3.05, 3.63) is 0 Å². The molecule has 0 bridgehead atoms. The molecular weight excluding hydrogens is 157 g/mol. The molecule has 0 spiro atoms. The number of methoxy groups -OCH3 is 2. The van der Waals surface area contributed by atoms with Gasteiger partial charge in [0.2, 0.25) is 5.91 Å². The number of hydrogen-bond acceptors (Lipinski definition) is 3. The molecule has 12 heavy (non-hydrogen) atoms. The maximum Gasteiger partial charge on any atom is 0.211 e. The summed E-state index contributed by atoms with van der Waals surface area (Å²) < 4.78 is 8.93. The number of amides is 1. The van der Waals surface area contributed by atoms with E-state index in [0.717, 1.165) is 0 Å². The summed E-state index contributed by atoms with van der Waals surface area (Å²) in [7, 11) is 9.83. The Kier molecular flexibility index (Phi) is 15.3. The van der Waals surface area contributed by atoms with Crippen molar-refractivity contribution >= 4 is 13.8 Å². The van der Waals surface area contributed by atoms with Crippen LogP contribution in [-0.2, 0) is 14.3 Å². The first kappa shape index (κ1) is 14.0. The molecule has 0 aromatic carbocycles. The SMILES string of the molecule is COC.[B]CC(=O)NCCOC. The van der Waals surface area contributed by atoms with Gasteiger partial charge in [-0.05, 0) is 6.32 Å². The molecule has 0 saturated carbocycles. The van der Waals surface area contributed by atoms with Crippen molar-refractivity contribution in [2.75, 3.05) is 34.5 Å². The molecule has 0 aromatic rings. The number of ether oxygens (including phenoxy) is 2. The molecule has 0 aromatic heterocycles. The summed E-state index contributed by atoms with van der Waals surface area (Å²) in [6, 6.07) is 0. The van der Waals surface area contributed by atoms with Crippen LogP contribution in [0.15, 0.2) is 0 Å². The molecule has 0 atom stereocenters. The van der Waals surface area contributed by atoms with Crippen molar-refractivity contribution in [1.82, 2.24) is 5.32 Å². The molecule has 0 heterocycles. The molecule has 0 fully saturated rings. The van der Waals surface area contributed by atoms with E-state index in [4.69, 9.17) is 7.85 Å². The standard InChI is InChI=1S/C5H10BNO2.C2H6O/c1-9-3-2-7-5(8)4-6;1-3-2/h2-4H2,1H3,(H,7,8);1-2H3. The van der Waals surface area contributed by atoms with Gasteiger partial charge in [-0.2, -0.15) is 0 Å². The number of nitrogens with one attached hydrogen (secondary N) is 1. The molecule has 1 amide bonds. The molecule has 0 aliphatic carbocycles. The summed E-state index contributed by atoms with van der Waals surface area (Å²) in [4.78, 5) is 10.4. The van der Waals surface area contributed by atoms with E-state index >= 15 is 0 Å². The average molecular weight is 173 g/mol. The van der Waals surface area contributed by atoms with Crippen molar-refractivity contribution in [1.29, 1.82) is 0 Å². The largest absolute Gasteiger partial charge is 0.388 e. The molecule has 4 nitrogen and oxygen atoms in total. The van der Waals surface area contributed by atoms with Crippen LogP contribution in [0.3, 0.4) is 0 Å². The topological polar surface area (TPSA) is 47.6 Å². The minimum Gasteiger partial charge on any atom is -0.388 e. The first-order valence-corrected chi connectivity index (χ1v) is 3.58. The van der Waals surface area contributed by atoms with Gasteiger partial charge in [0.1, 0.15) is 0 Å². The summed E-state index contributed by atoms with van der Waals surface area (Å²) in [5, 5.41) is 2.54. The summed E-state index contributed by atoms with van der Waals surface area (Å²) in [5.74, 6) is -0.146. The average Bonchev–Trinajstić information content (AvgIpc) is 2.06. The van der Waals surface area contributed by atoms with Gasteiger partial charge >= 0.3 is 0 Å². The molecule has 0 saturated heterocycles. The lowest BCUT2D eigenvalue weighted by Gasteiger charge is -2.00. The van der Waals surface area contributed by atoms with Crippen LogP contribution in [0, 0.1) is 0 Å². The lowest BCUT2D eigenvalue weighted by molar-refractivity contribution is -0.119. The van der Waals surface area contributed by atoms with Crippen LogP contribution in [0.25, 0.3) is 0 Å². The quantitative estimate of drug-likeness (QED) is 0.464. The fourth-order valence-corrected chi connectivity index (χ4v) is 0.365. The third-order valence-corrected chi connectivity index (χ3v) is 0.814. The Labute approximate surface area is 75.0 Å². The first-order valence-electron chi connectivity index (χ1n) is 3.58. The fourth-order valence-electron chi connectivity index (χ4n) is 0.365. The van der Waals surface area contributed by atoms with Gasteiger partial charge in [0.15, 0.2) is 0 Å². The van der Waals surface area contributed by atoms with Crippen LogP contribution >= 0.6 is 0 Å². The number of hydrogen-bond donors (Lipinski definition) is 1. The predicted molar refractivity (Wildman–Crippen MR) is 48.4 cm³/mol. The number of carbonyl (C=O) groups excluding carboxylic acids is 1. The van der Waals surface area contributed by atoms with Crippen molar-refractivity contribution in [3.63, 3.8) is 0 Å². The first-order chi connectivity index (χ1) is 5.72. The molecule has 0 unspecified atom stereocenters. The Balaban J connectivity index is 0. The summed E-state index contributed by atoms with van der Waals surface area (Å²) >= 11 is 0. The second-order valence-electron chi connectivity index (χ2n) is 1.96. The highest BCUT2D eigenvalue weighted by Gasteiger charge is 1.91. The van der Waals surface area contributed by atoms with E-state index in [1.54, 1.807) is 21.3 Å². The zero-order chi connectivity index (χ0) is 9.82. The van der Waals surface area contributed by atoms with Gasteiger partial charge in [-0.1, -0.05) is 0 Å². The molecule has 1 N–H and O–H groups in total. The molecule has 70 valence electrons. The van der Waals surface area contributed by atoms with Gasteiger partial charge in [-0.25, -0.2) is 0 Å². The number of carbonyl (C=O) groups is 1. The lowest BCUT2D eigenvalue weighted by atomic mass is 10.1. The van der Waals surface area contributed by atoms with Crippen LogP contribution in [0.2, 0.25) is 6.32 Å². The predicted octanol–water partition coefficient (Wildman–Crippen LogP) is -0.402. The van der Waals surface area contributed by atoms with Crippen molar-refractivity contribution in [3.8, 4) is 0 Å². The summed E-state index contributed by atoms with van der Waals surface area (Å²) in [5.41, 5.74) is 0. The zero-order valence-electron chi connectivity index (χ0n) is 7.92. The van der Waals surface area contributed by atoms with Gasteiger partial charge in [-0.3, -0.25) is 4.79 Å². The highest BCUT2D eigenvalue weighted by molar-refractivity contribution is 6.19. The van der Waals surface area contributed by atoms with Gasteiger partial charge in [0.05, 0.1) is 14.5 Å². The van der Waals surface area contributed by atoms with E-state index in [0.29, 0.717) is 13.2 Å². The Bertz CT molecular complexity index is 101. The second kappa shape index (κ2) is 13.1. The van der Waals surface area contributed by atoms with Crippen LogP contribution in [-0.4, -0.2) is 48.2 Å². The molecule has 0 aliphatic rings. The van der Waals surface area contributed by atoms with E-state index < -0.39 is 0 Å². The molecule has 0 rings (SSSR count). The van der Waals surface area contributed by atoms with E-state index in [-0.39, 0.29) is 12.2 Å². The minimum atomic E-state index is -0.146. The Hall–Kier alpha value is -0.545. The van der Waals surface area contributed by atoms with Gasteiger partial charge < -0.3 is 14.8 Å². The summed E-state index contributed by atoms with van der Waals surface area (Å²) in [6.45, 7) is 1.07. The van der Waals surface area contributed by atoms with Crippen molar-refractivity contribution < 1.29 is 14.3 Å². The Morgan fingerprint density at radius 2 is 1.92 bits per heavy atom. The van der Waals surface area contributed by atoms with Gasteiger partial charge in [0, 0.05) is 27.9 Å². The van der Waals surface area contributed by atoms with Crippen molar-refractivity contribution in [2.45, 2.75) is 6.32 Å². The molecule has 5 heteroatoms. The molecule has 2 radical (unpaired) electrons. The zero-order valence-corrected chi connectivity index (χ0v) is 7.92. The van der Waals surface area contributed by atoms with E-state index in [9.17, 15) is 4.79 Å². The van der Waals surface area contributed by atoms with Crippen LogP contribution in [0.1, 0.15) is 0 Å². The fraction of sp³-hybridized carbons (Fsp3) is 0.857. The summed E-state index contributed by atoms with van der Waals surface area (Å²) in [6.07, 6.45) is 0.0454. The Morgan fingerprint density at radius 1 is 1.42 bits per heavy atom.